The van der Waals surface area contributed by atoms with Crippen molar-refractivity contribution in [1.29, 1.82) is 0 Å². The molecule has 2 rings (SSSR count). The Hall–Kier alpha value is -2.12. The Morgan fingerprint density at radius 2 is 1.90 bits per heavy atom. The van der Waals surface area contributed by atoms with Crippen molar-refractivity contribution < 1.29 is 19.2 Å². The van der Waals surface area contributed by atoms with Crippen molar-refractivity contribution in [2.45, 2.75) is 0 Å². The summed E-state index contributed by atoms with van der Waals surface area (Å²) in [5, 5.41) is 11.3. The summed E-state index contributed by atoms with van der Waals surface area (Å²) in [5.41, 5.74) is 0.00607. The fourth-order valence-electron chi connectivity index (χ4n) is 1.79. The number of esters is 1. The number of nitro groups is 1. The predicted octanol–water partition coefficient (Wildman–Crippen LogP) is 3.77. The van der Waals surface area contributed by atoms with E-state index in [0.717, 1.165) is 18.4 Å². The van der Waals surface area contributed by atoms with Crippen LogP contribution in [-0.4, -0.2) is 25.1 Å². The number of carbonyl (C=O) groups is 1. The fourth-order valence-corrected chi connectivity index (χ4v) is 3.17. The molecule has 2 aromatic rings. The third kappa shape index (κ3) is 2.84. The molecule has 0 saturated heterocycles. The smallest absolute Gasteiger partial charge is 0.347 e. The molecule has 0 radical (unpaired) electrons. The van der Waals surface area contributed by atoms with Crippen molar-refractivity contribution >= 4 is 34.6 Å². The second-order valence-electron chi connectivity index (χ2n) is 3.91. The Kier molecular flexibility index (Phi) is 4.44. The zero-order valence-corrected chi connectivity index (χ0v) is 12.7. The van der Waals surface area contributed by atoms with Crippen molar-refractivity contribution in [3.8, 4) is 16.2 Å². The number of hydrogen-bond donors (Lipinski definition) is 0. The molecule has 0 unspecified atom stereocenters. The van der Waals surface area contributed by atoms with E-state index in [1.807, 2.05) is 0 Å². The van der Waals surface area contributed by atoms with E-state index in [0.29, 0.717) is 16.2 Å². The lowest BCUT2D eigenvalue weighted by Crippen LogP contribution is -2.04. The first-order valence-electron chi connectivity index (χ1n) is 5.69. The fraction of sp³-hybridized carbons (Fsp3) is 0.154. The van der Waals surface area contributed by atoms with Crippen molar-refractivity contribution in [2.24, 2.45) is 0 Å². The first-order valence-corrected chi connectivity index (χ1v) is 6.88. The van der Waals surface area contributed by atoms with Gasteiger partial charge in [-0.2, -0.15) is 0 Å². The Bertz CT molecular complexity index is 695. The van der Waals surface area contributed by atoms with Crippen LogP contribution >= 0.6 is 22.9 Å². The molecule has 0 atom stereocenters. The highest BCUT2D eigenvalue weighted by Crippen LogP contribution is 2.45. The largest absolute Gasteiger partial charge is 0.497 e. The van der Waals surface area contributed by atoms with E-state index in [4.69, 9.17) is 16.3 Å². The molecule has 1 aromatic carbocycles. The van der Waals surface area contributed by atoms with Gasteiger partial charge < -0.3 is 9.47 Å². The number of hydrogen-bond acceptors (Lipinski definition) is 6. The van der Waals surface area contributed by atoms with Gasteiger partial charge >= 0.3 is 11.7 Å². The van der Waals surface area contributed by atoms with Crippen molar-refractivity contribution in [1.82, 2.24) is 0 Å². The zero-order valence-electron chi connectivity index (χ0n) is 11.1. The first kappa shape index (κ1) is 15.3. The number of thiophene rings is 1. The van der Waals surface area contributed by atoms with Crippen molar-refractivity contribution in [3.05, 3.63) is 44.3 Å². The van der Waals surface area contributed by atoms with E-state index in [-0.39, 0.29) is 15.6 Å². The minimum atomic E-state index is -0.831. The summed E-state index contributed by atoms with van der Waals surface area (Å²) in [6.45, 7) is 0. The van der Waals surface area contributed by atoms with E-state index < -0.39 is 10.9 Å². The van der Waals surface area contributed by atoms with Gasteiger partial charge in [0.25, 0.3) is 0 Å². The van der Waals surface area contributed by atoms with E-state index >= 15 is 0 Å². The van der Waals surface area contributed by atoms with Crippen LogP contribution in [0.4, 0.5) is 5.69 Å². The maximum Gasteiger partial charge on any atom is 0.347 e. The summed E-state index contributed by atoms with van der Waals surface area (Å²) in [6, 6.07) is 6.67. The van der Waals surface area contributed by atoms with Crippen LogP contribution in [0, 0.1) is 10.1 Å². The molecule has 0 aliphatic heterocycles. The molecule has 0 aliphatic rings. The number of halogens is 1. The van der Waals surface area contributed by atoms with E-state index in [2.05, 4.69) is 4.74 Å². The monoisotopic (exact) mass is 327 g/mol. The molecule has 8 heteroatoms. The number of benzene rings is 1. The highest BCUT2D eigenvalue weighted by Gasteiger charge is 2.32. The third-order valence-electron chi connectivity index (χ3n) is 2.76. The molecule has 0 aliphatic carbocycles. The van der Waals surface area contributed by atoms with Gasteiger partial charge in [0.2, 0.25) is 0 Å². The van der Waals surface area contributed by atoms with E-state index in [9.17, 15) is 14.9 Å². The van der Waals surface area contributed by atoms with E-state index in [1.54, 1.807) is 24.3 Å². The van der Waals surface area contributed by atoms with Gasteiger partial charge in [-0.1, -0.05) is 11.6 Å². The number of nitrogens with zero attached hydrogens (tertiary/aromatic N) is 1. The summed E-state index contributed by atoms with van der Waals surface area (Å²) < 4.78 is 9.62. The number of rotatable bonds is 4. The highest BCUT2D eigenvalue weighted by atomic mass is 35.5. The quantitative estimate of drug-likeness (QED) is 0.485. The van der Waals surface area contributed by atoms with Gasteiger partial charge in [0.15, 0.2) is 5.56 Å². The topological polar surface area (TPSA) is 78.7 Å². The van der Waals surface area contributed by atoms with Crippen LogP contribution in [0.5, 0.6) is 5.75 Å². The summed E-state index contributed by atoms with van der Waals surface area (Å²) in [7, 11) is 2.67. The lowest BCUT2D eigenvalue weighted by Gasteiger charge is -2.02. The number of methoxy groups -OCH3 is 2. The molecule has 0 amide bonds. The van der Waals surface area contributed by atoms with Crippen LogP contribution in [0.3, 0.4) is 0 Å². The van der Waals surface area contributed by atoms with Crippen LogP contribution in [0.25, 0.3) is 10.4 Å². The molecule has 0 bridgehead atoms. The average molecular weight is 328 g/mol. The molecule has 1 aromatic heterocycles. The van der Waals surface area contributed by atoms with Gasteiger partial charge in [0, 0.05) is 0 Å². The van der Waals surface area contributed by atoms with Crippen LogP contribution in [0.15, 0.2) is 24.3 Å². The van der Waals surface area contributed by atoms with Gasteiger partial charge in [-0.3, -0.25) is 10.1 Å². The van der Waals surface area contributed by atoms with Crippen LogP contribution in [0.1, 0.15) is 10.4 Å². The molecule has 6 nitrogen and oxygen atoms in total. The second kappa shape index (κ2) is 6.11. The minimum Gasteiger partial charge on any atom is -0.497 e. The molecule has 0 spiro atoms. The molecule has 0 fully saturated rings. The van der Waals surface area contributed by atoms with E-state index in [1.165, 1.54) is 7.11 Å². The maximum absolute atomic E-state index is 11.7. The molecular formula is C13H10ClNO5S. The zero-order chi connectivity index (χ0) is 15.6. The van der Waals surface area contributed by atoms with Gasteiger partial charge in [-0.05, 0) is 29.8 Å². The van der Waals surface area contributed by atoms with Crippen molar-refractivity contribution in [2.75, 3.05) is 14.2 Å². The highest BCUT2D eigenvalue weighted by molar-refractivity contribution is 7.20. The minimum absolute atomic E-state index is 0.0272. The summed E-state index contributed by atoms with van der Waals surface area (Å²) in [6.07, 6.45) is 0. The van der Waals surface area contributed by atoms with Crippen LogP contribution in [0.2, 0.25) is 4.34 Å². The molecule has 110 valence electrons. The molecule has 0 saturated carbocycles. The molecule has 21 heavy (non-hydrogen) atoms. The van der Waals surface area contributed by atoms with Crippen molar-refractivity contribution in [3.63, 3.8) is 0 Å². The Morgan fingerprint density at radius 1 is 1.29 bits per heavy atom. The lowest BCUT2D eigenvalue weighted by atomic mass is 10.1. The molecular weight excluding hydrogens is 318 g/mol. The average Bonchev–Trinajstić information content (AvgIpc) is 2.84. The molecule has 1 heterocycles. The van der Waals surface area contributed by atoms with Gasteiger partial charge in [-0.15, -0.1) is 11.3 Å². The Balaban J connectivity index is 2.63. The van der Waals surface area contributed by atoms with Gasteiger partial charge in [0.1, 0.15) is 15.0 Å². The van der Waals surface area contributed by atoms with Crippen LogP contribution < -0.4 is 4.74 Å². The number of ether oxygens (including phenoxy) is 2. The maximum atomic E-state index is 11.7. The first-order chi connectivity index (χ1) is 9.99. The Morgan fingerprint density at radius 3 is 2.38 bits per heavy atom. The predicted molar refractivity (Wildman–Crippen MR) is 79.3 cm³/mol. The second-order valence-corrected chi connectivity index (χ2v) is 5.53. The summed E-state index contributed by atoms with van der Waals surface area (Å²) in [4.78, 5) is 22.6. The molecule has 0 N–H and O–H groups in total. The van der Waals surface area contributed by atoms with Crippen LogP contribution in [-0.2, 0) is 4.74 Å². The SMILES string of the molecule is COC(=O)c1c(Cl)sc(-c2ccc(OC)cc2)c1[N+](=O)[O-]. The summed E-state index contributed by atoms with van der Waals surface area (Å²) in [5.74, 6) is -0.208. The standard InChI is InChI=1S/C13H10ClNO5S/c1-19-8-5-3-7(4-6-8)11-10(15(17)18)9(12(14)21-11)13(16)20-2/h3-6H,1-2H3. The summed E-state index contributed by atoms with van der Waals surface area (Å²) >= 11 is 6.93. The van der Waals surface area contributed by atoms with Gasteiger partial charge in [0.05, 0.1) is 19.1 Å². The number of carbonyl (C=O) groups excluding carboxylic acids is 1. The lowest BCUT2D eigenvalue weighted by molar-refractivity contribution is -0.384. The van der Waals surface area contributed by atoms with Gasteiger partial charge in [-0.25, -0.2) is 4.79 Å². The third-order valence-corrected chi connectivity index (χ3v) is 4.20. The normalized spacial score (nSPS) is 10.2. The Labute approximate surface area is 129 Å².